The summed E-state index contributed by atoms with van der Waals surface area (Å²) < 4.78 is 7.29. The fourth-order valence-corrected chi connectivity index (χ4v) is 3.62. The highest BCUT2D eigenvalue weighted by Gasteiger charge is 2.16. The number of unbranched alkanes of at least 4 members (excludes halogenated alkanes) is 3. The summed E-state index contributed by atoms with van der Waals surface area (Å²) in [5.41, 5.74) is 0.881. The maximum atomic E-state index is 12.2. The van der Waals surface area contributed by atoms with Crippen LogP contribution in [-0.4, -0.2) is 39.6 Å². The van der Waals surface area contributed by atoms with E-state index in [1.54, 1.807) is 7.11 Å². The standard InChI is InChI=1S/C20H30N4O2S/c1-5-6-7-8-11-15(2)21-18(25)14-27-20-23-22-19(24(20)3)16-12-9-10-13-17(16)26-4/h9-10,12-13,15H,5-8,11,14H2,1-4H3,(H,21,25)/t15-/m1/s1. The molecule has 0 aliphatic carbocycles. The maximum absolute atomic E-state index is 12.2. The lowest BCUT2D eigenvalue weighted by Crippen LogP contribution is -2.33. The monoisotopic (exact) mass is 390 g/mol. The van der Waals surface area contributed by atoms with Gasteiger partial charge in [-0.05, 0) is 25.5 Å². The van der Waals surface area contributed by atoms with Crippen molar-refractivity contribution in [1.29, 1.82) is 0 Å². The van der Waals surface area contributed by atoms with Gasteiger partial charge in [0.2, 0.25) is 5.91 Å². The van der Waals surface area contributed by atoms with Gasteiger partial charge in [-0.1, -0.05) is 56.5 Å². The highest BCUT2D eigenvalue weighted by molar-refractivity contribution is 7.99. The van der Waals surface area contributed by atoms with Crippen LogP contribution in [0.3, 0.4) is 0 Å². The van der Waals surface area contributed by atoms with E-state index < -0.39 is 0 Å². The Balaban J connectivity index is 1.88. The second kappa shape index (κ2) is 11.0. The predicted molar refractivity (Wildman–Crippen MR) is 110 cm³/mol. The minimum atomic E-state index is 0.0323. The van der Waals surface area contributed by atoms with Crippen molar-refractivity contribution in [2.75, 3.05) is 12.9 Å². The summed E-state index contributed by atoms with van der Waals surface area (Å²) >= 11 is 1.39. The third-order valence-electron chi connectivity index (χ3n) is 4.41. The minimum absolute atomic E-state index is 0.0323. The highest BCUT2D eigenvalue weighted by Crippen LogP contribution is 2.29. The quantitative estimate of drug-likeness (QED) is 0.463. The zero-order valence-electron chi connectivity index (χ0n) is 16.7. The van der Waals surface area contributed by atoms with Crippen molar-refractivity contribution in [3.05, 3.63) is 24.3 Å². The van der Waals surface area contributed by atoms with Crippen molar-refractivity contribution >= 4 is 17.7 Å². The molecule has 1 heterocycles. The zero-order valence-corrected chi connectivity index (χ0v) is 17.5. The lowest BCUT2D eigenvalue weighted by Gasteiger charge is -2.13. The van der Waals surface area contributed by atoms with Gasteiger partial charge in [-0.2, -0.15) is 0 Å². The van der Waals surface area contributed by atoms with Crippen molar-refractivity contribution in [3.63, 3.8) is 0 Å². The van der Waals surface area contributed by atoms with Gasteiger partial charge in [0.05, 0.1) is 18.4 Å². The van der Waals surface area contributed by atoms with Crippen LogP contribution in [0.15, 0.2) is 29.4 Å². The number of nitrogens with one attached hydrogen (secondary N) is 1. The minimum Gasteiger partial charge on any atom is -0.496 e. The van der Waals surface area contributed by atoms with Gasteiger partial charge in [-0.15, -0.1) is 10.2 Å². The molecule has 0 fully saturated rings. The predicted octanol–water partition coefficient (Wildman–Crippen LogP) is 4.06. The van der Waals surface area contributed by atoms with Gasteiger partial charge in [0.15, 0.2) is 11.0 Å². The number of ether oxygens (including phenoxy) is 1. The molecule has 148 valence electrons. The number of aromatic nitrogens is 3. The van der Waals surface area contributed by atoms with Gasteiger partial charge >= 0.3 is 0 Å². The average molecular weight is 391 g/mol. The van der Waals surface area contributed by atoms with E-state index in [2.05, 4.69) is 29.4 Å². The molecule has 1 aromatic carbocycles. The second-order valence-corrected chi connectivity index (χ2v) is 7.61. The Morgan fingerprint density at radius 1 is 1.26 bits per heavy atom. The van der Waals surface area contributed by atoms with E-state index in [4.69, 9.17) is 4.74 Å². The van der Waals surface area contributed by atoms with Crippen LogP contribution in [0.1, 0.15) is 46.0 Å². The molecule has 0 saturated heterocycles. The van der Waals surface area contributed by atoms with Crippen LogP contribution in [0.5, 0.6) is 5.75 Å². The molecular weight excluding hydrogens is 360 g/mol. The van der Waals surface area contributed by atoms with Gasteiger partial charge in [-0.3, -0.25) is 4.79 Å². The smallest absolute Gasteiger partial charge is 0.230 e. The lowest BCUT2D eigenvalue weighted by molar-refractivity contribution is -0.119. The summed E-state index contributed by atoms with van der Waals surface area (Å²) in [5, 5.41) is 12.3. The van der Waals surface area contributed by atoms with Gasteiger partial charge in [0.25, 0.3) is 0 Å². The van der Waals surface area contributed by atoms with E-state index in [0.29, 0.717) is 10.9 Å². The first-order valence-corrected chi connectivity index (χ1v) is 10.5. The number of hydrogen-bond acceptors (Lipinski definition) is 5. The molecule has 7 heteroatoms. The van der Waals surface area contributed by atoms with Crippen LogP contribution in [0, 0.1) is 0 Å². The van der Waals surface area contributed by atoms with E-state index in [1.165, 1.54) is 31.0 Å². The Morgan fingerprint density at radius 2 is 2.04 bits per heavy atom. The molecule has 1 aromatic heterocycles. The molecule has 6 nitrogen and oxygen atoms in total. The maximum Gasteiger partial charge on any atom is 0.230 e. The number of benzene rings is 1. The fourth-order valence-electron chi connectivity index (χ4n) is 2.90. The third kappa shape index (κ3) is 6.27. The fraction of sp³-hybridized carbons (Fsp3) is 0.550. The van der Waals surface area contributed by atoms with Crippen LogP contribution >= 0.6 is 11.8 Å². The van der Waals surface area contributed by atoms with Gasteiger partial charge < -0.3 is 14.6 Å². The molecule has 2 rings (SSSR count). The molecule has 1 amide bonds. The zero-order chi connectivity index (χ0) is 19.6. The summed E-state index contributed by atoms with van der Waals surface area (Å²) in [7, 11) is 3.54. The number of para-hydroxylation sites is 1. The largest absolute Gasteiger partial charge is 0.496 e. The number of nitrogens with zero attached hydrogens (tertiary/aromatic N) is 3. The first-order valence-electron chi connectivity index (χ1n) is 9.51. The van der Waals surface area contributed by atoms with Crippen molar-refractivity contribution in [2.45, 2.75) is 57.1 Å². The molecule has 0 bridgehead atoms. The van der Waals surface area contributed by atoms with Crippen molar-refractivity contribution in [1.82, 2.24) is 20.1 Å². The molecule has 2 aromatic rings. The summed E-state index contributed by atoms with van der Waals surface area (Å²) in [6.45, 7) is 4.27. The van der Waals surface area contributed by atoms with Gasteiger partial charge in [0.1, 0.15) is 5.75 Å². The molecule has 1 N–H and O–H groups in total. The molecule has 27 heavy (non-hydrogen) atoms. The molecule has 0 spiro atoms. The number of carbonyl (C=O) groups excluding carboxylic acids is 1. The first-order chi connectivity index (χ1) is 13.1. The van der Waals surface area contributed by atoms with Crippen LogP contribution in [0.4, 0.5) is 0 Å². The lowest BCUT2D eigenvalue weighted by atomic mass is 10.1. The van der Waals surface area contributed by atoms with E-state index in [9.17, 15) is 4.79 Å². The molecule has 0 unspecified atom stereocenters. The van der Waals surface area contributed by atoms with Crippen LogP contribution in [0.25, 0.3) is 11.4 Å². The van der Waals surface area contributed by atoms with Crippen molar-refractivity contribution in [3.8, 4) is 17.1 Å². The Bertz CT molecular complexity index is 733. The molecule has 1 atom stereocenters. The second-order valence-electron chi connectivity index (χ2n) is 6.67. The van der Waals surface area contributed by atoms with Crippen LogP contribution in [0.2, 0.25) is 0 Å². The van der Waals surface area contributed by atoms with Gasteiger partial charge in [0, 0.05) is 13.1 Å². The molecule has 0 saturated carbocycles. The van der Waals surface area contributed by atoms with E-state index >= 15 is 0 Å². The Labute approximate surface area is 166 Å². The third-order valence-corrected chi connectivity index (χ3v) is 5.43. The van der Waals surface area contributed by atoms with Gasteiger partial charge in [-0.25, -0.2) is 0 Å². The summed E-state index contributed by atoms with van der Waals surface area (Å²) in [5.74, 6) is 1.83. The number of thioether (sulfide) groups is 1. The Kier molecular flexibility index (Phi) is 8.64. The average Bonchev–Trinajstić information content (AvgIpc) is 3.04. The van der Waals surface area contributed by atoms with Crippen molar-refractivity contribution in [2.24, 2.45) is 7.05 Å². The molecule has 0 radical (unpaired) electrons. The van der Waals surface area contributed by atoms with Crippen LogP contribution in [-0.2, 0) is 11.8 Å². The van der Waals surface area contributed by atoms with Crippen LogP contribution < -0.4 is 10.1 Å². The number of carbonyl (C=O) groups is 1. The summed E-state index contributed by atoms with van der Waals surface area (Å²) in [4.78, 5) is 12.2. The normalized spacial score (nSPS) is 12.0. The van der Waals surface area contributed by atoms with E-state index in [0.717, 1.165) is 30.0 Å². The Hall–Kier alpha value is -2.02. The number of hydrogen-bond donors (Lipinski definition) is 1. The number of methoxy groups -OCH3 is 1. The molecular formula is C20H30N4O2S. The molecule has 0 aliphatic rings. The Morgan fingerprint density at radius 3 is 2.78 bits per heavy atom. The topological polar surface area (TPSA) is 69.0 Å². The first kappa shape index (κ1) is 21.3. The molecule has 0 aliphatic heterocycles. The van der Waals surface area contributed by atoms with E-state index in [-0.39, 0.29) is 11.9 Å². The van der Waals surface area contributed by atoms with Crippen molar-refractivity contribution < 1.29 is 9.53 Å². The summed E-state index contributed by atoms with van der Waals surface area (Å²) in [6, 6.07) is 7.91. The SMILES string of the molecule is CCCCCC[C@@H](C)NC(=O)CSc1nnc(-c2ccccc2OC)n1C. The number of rotatable bonds is 11. The number of amides is 1. The van der Waals surface area contributed by atoms with E-state index in [1.807, 2.05) is 35.9 Å². The summed E-state index contributed by atoms with van der Waals surface area (Å²) in [6.07, 6.45) is 5.91. The highest BCUT2D eigenvalue weighted by atomic mass is 32.2.